The molecule has 160 valence electrons. The minimum atomic E-state index is -0.257. The van der Waals surface area contributed by atoms with E-state index in [-0.39, 0.29) is 17.1 Å². The van der Waals surface area contributed by atoms with Crippen molar-refractivity contribution in [2.24, 2.45) is 0 Å². The first-order valence-electron chi connectivity index (χ1n) is 10.4. The van der Waals surface area contributed by atoms with Gasteiger partial charge in [0.1, 0.15) is 0 Å². The summed E-state index contributed by atoms with van der Waals surface area (Å²) >= 11 is 1.48. The molecule has 0 spiro atoms. The quantitative estimate of drug-likeness (QED) is 0.336. The molecule has 0 aromatic heterocycles. The molecule has 4 aromatic carbocycles. The van der Waals surface area contributed by atoms with E-state index >= 15 is 0 Å². The maximum atomic E-state index is 12.6. The molecule has 0 heterocycles. The highest BCUT2D eigenvalue weighted by molar-refractivity contribution is 8.00. The Balaban J connectivity index is 1.36. The summed E-state index contributed by atoms with van der Waals surface area (Å²) in [4.78, 5) is 26.1. The van der Waals surface area contributed by atoms with Crippen LogP contribution in [-0.4, -0.2) is 17.1 Å². The van der Waals surface area contributed by atoms with Crippen molar-refractivity contribution in [2.75, 3.05) is 10.6 Å². The first kappa shape index (κ1) is 21.7. The van der Waals surface area contributed by atoms with Crippen molar-refractivity contribution in [3.8, 4) is 0 Å². The highest BCUT2D eigenvalue weighted by Gasteiger charge is 2.15. The molecule has 4 aromatic rings. The highest BCUT2D eigenvalue weighted by atomic mass is 32.2. The van der Waals surface area contributed by atoms with Gasteiger partial charge in [0.15, 0.2) is 0 Å². The van der Waals surface area contributed by atoms with Gasteiger partial charge in [0.2, 0.25) is 5.91 Å². The normalized spacial score (nSPS) is 11.7. The summed E-state index contributed by atoms with van der Waals surface area (Å²) < 4.78 is 0. The van der Waals surface area contributed by atoms with Crippen molar-refractivity contribution in [3.05, 3.63) is 102 Å². The Morgan fingerprint density at radius 1 is 0.781 bits per heavy atom. The second-order valence-electron chi connectivity index (χ2n) is 7.60. The zero-order valence-corrected chi connectivity index (χ0v) is 18.8. The van der Waals surface area contributed by atoms with Gasteiger partial charge in [-0.1, -0.05) is 48.5 Å². The van der Waals surface area contributed by atoms with E-state index in [0.29, 0.717) is 11.3 Å². The van der Waals surface area contributed by atoms with E-state index in [2.05, 4.69) is 10.6 Å². The summed E-state index contributed by atoms with van der Waals surface area (Å²) in [6.45, 7) is 3.85. The smallest absolute Gasteiger partial charge is 0.255 e. The number of carbonyl (C=O) groups excluding carboxylic acids is 2. The van der Waals surface area contributed by atoms with Gasteiger partial charge in [-0.15, -0.1) is 11.8 Å². The summed E-state index contributed by atoms with van der Waals surface area (Å²) in [5.41, 5.74) is 3.19. The fourth-order valence-corrected chi connectivity index (χ4v) is 4.22. The van der Waals surface area contributed by atoms with Gasteiger partial charge < -0.3 is 10.6 Å². The van der Waals surface area contributed by atoms with Gasteiger partial charge >= 0.3 is 0 Å². The third kappa shape index (κ3) is 5.18. The number of thioether (sulfide) groups is 1. The van der Waals surface area contributed by atoms with Gasteiger partial charge in [0.05, 0.1) is 5.25 Å². The van der Waals surface area contributed by atoms with Crippen molar-refractivity contribution in [1.82, 2.24) is 0 Å². The van der Waals surface area contributed by atoms with Crippen LogP contribution < -0.4 is 10.6 Å². The number of fused-ring (bicyclic) bond motifs is 1. The maximum absolute atomic E-state index is 12.6. The second kappa shape index (κ2) is 9.71. The number of carbonyl (C=O) groups is 2. The molecule has 0 saturated heterocycles. The molecule has 5 heteroatoms. The Labute approximate surface area is 192 Å². The van der Waals surface area contributed by atoms with Gasteiger partial charge in [-0.2, -0.15) is 0 Å². The van der Waals surface area contributed by atoms with Gasteiger partial charge in [-0.05, 0) is 72.6 Å². The number of benzene rings is 4. The zero-order valence-electron chi connectivity index (χ0n) is 18.0. The van der Waals surface area contributed by atoms with Crippen molar-refractivity contribution in [2.45, 2.75) is 24.0 Å². The summed E-state index contributed by atoms with van der Waals surface area (Å²) in [6.07, 6.45) is 0. The van der Waals surface area contributed by atoms with E-state index < -0.39 is 0 Å². The van der Waals surface area contributed by atoms with E-state index in [9.17, 15) is 9.59 Å². The number of amides is 2. The van der Waals surface area contributed by atoms with Gasteiger partial charge in [-0.3, -0.25) is 9.59 Å². The lowest BCUT2D eigenvalue weighted by molar-refractivity contribution is -0.115. The Bertz CT molecular complexity index is 1270. The van der Waals surface area contributed by atoms with E-state index in [0.717, 1.165) is 26.9 Å². The van der Waals surface area contributed by atoms with Crippen LogP contribution in [-0.2, 0) is 4.79 Å². The SMILES string of the molecule is Cc1ccccc1NC(=O)C(C)Sc1ccc(NC(=O)c2ccc3ccccc3c2)cc1. The fourth-order valence-electron chi connectivity index (χ4n) is 3.36. The minimum absolute atomic E-state index is 0.0435. The number of rotatable bonds is 6. The van der Waals surface area contributed by atoms with Crippen LogP contribution in [0.4, 0.5) is 11.4 Å². The van der Waals surface area contributed by atoms with Crippen molar-refractivity contribution in [3.63, 3.8) is 0 Å². The molecule has 0 aliphatic heterocycles. The fraction of sp³-hybridized carbons (Fsp3) is 0.111. The van der Waals surface area contributed by atoms with Crippen molar-refractivity contribution < 1.29 is 9.59 Å². The van der Waals surface area contributed by atoms with Crippen LogP contribution in [0.2, 0.25) is 0 Å². The molecule has 0 radical (unpaired) electrons. The summed E-state index contributed by atoms with van der Waals surface area (Å²) in [5, 5.41) is 7.80. The summed E-state index contributed by atoms with van der Waals surface area (Å²) in [6, 6.07) is 28.9. The summed E-state index contributed by atoms with van der Waals surface area (Å²) in [7, 11) is 0. The topological polar surface area (TPSA) is 58.2 Å². The highest BCUT2D eigenvalue weighted by Crippen LogP contribution is 2.26. The predicted molar refractivity (Wildman–Crippen MR) is 133 cm³/mol. The average molecular weight is 441 g/mol. The molecule has 4 rings (SSSR count). The molecule has 2 amide bonds. The molecule has 0 aliphatic rings. The largest absolute Gasteiger partial charge is 0.325 e. The zero-order chi connectivity index (χ0) is 22.5. The van der Waals surface area contributed by atoms with Gasteiger partial charge in [0, 0.05) is 21.8 Å². The van der Waals surface area contributed by atoms with E-state index in [1.165, 1.54) is 11.8 Å². The van der Waals surface area contributed by atoms with Crippen molar-refractivity contribution in [1.29, 1.82) is 0 Å². The van der Waals surface area contributed by atoms with Crippen LogP contribution in [0.15, 0.2) is 95.9 Å². The van der Waals surface area contributed by atoms with E-state index in [1.807, 2.05) is 105 Å². The van der Waals surface area contributed by atoms with Gasteiger partial charge in [-0.25, -0.2) is 0 Å². The lowest BCUT2D eigenvalue weighted by atomic mass is 10.1. The minimum Gasteiger partial charge on any atom is -0.325 e. The Morgan fingerprint density at radius 2 is 1.47 bits per heavy atom. The van der Waals surface area contributed by atoms with Crippen LogP contribution in [0.25, 0.3) is 10.8 Å². The lowest BCUT2D eigenvalue weighted by Crippen LogP contribution is -2.22. The number of anilines is 2. The molecular weight excluding hydrogens is 416 g/mol. The molecule has 32 heavy (non-hydrogen) atoms. The Kier molecular flexibility index (Phi) is 6.57. The van der Waals surface area contributed by atoms with E-state index in [4.69, 9.17) is 0 Å². The molecule has 1 unspecified atom stereocenters. The second-order valence-corrected chi connectivity index (χ2v) is 9.02. The molecule has 0 aliphatic carbocycles. The van der Waals surface area contributed by atoms with Gasteiger partial charge in [0.25, 0.3) is 5.91 Å². The van der Waals surface area contributed by atoms with Crippen LogP contribution in [0.3, 0.4) is 0 Å². The first-order chi connectivity index (χ1) is 15.5. The molecule has 2 N–H and O–H groups in total. The van der Waals surface area contributed by atoms with Crippen molar-refractivity contribution >= 4 is 45.7 Å². The molecule has 0 bridgehead atoms. The average Bonchev–Trinajstić information content (AvgIpc) is 2.81. The molecular formula is C27H24N2O2S. The summed E-state index contributed by atoms with van der Waals surface area (Å²) in [5.74, 6) is -0.194. The van der Waals surface area contributed by atoms with Crippen LogP contribution >= 0.6 is 11.8 Å². The molecule has 1 atom stereocenters. The van der Waals surface area contributed by atoms with E-state index in [1.54, 1.807) is 0 Å². The molecule has 4 nitrogen and oxygen atoms in total. The van der Waals surface area contributed by atoms with Crippen LogP contribution in [0, 0.1) is 6.92 Å². The number of hydrogen-bond donors (Lipinski definition) is 2. The van der Waals surface area contributed by atoms with Crippen LogP contribution in [0.5, 0.6) is 0 Å². The third-order valence-corrected chi connectivity index (χ3v) is 6.32. The number of hydrogen-bond acceptors (Lipinski definition) is 3. The third-order valence-electron chi connectivity index (χ3n) is 5.21. The number of para-hydroxylation sites is 1. The first-order valence-corrected chi connectivity index (χ1v) is 11.3. The Morgan fingerprint density at radius 3 is 2.22 bits per heavy atom. The number of aryl methyl sites for hydroxylation is 1. The monoisotopic (exact) mass is 440 g/mol. The predicted octanol–water partition coefficient (Wildman–Crippen LogP) is 6.52. The Hall–Kier alpha value is -3.57. The maximum Gasteiger partial charge on any atom is 0.255 e. The molecule has 0 saturated carbocycles. The lowest BCUT2D eigenvalue weighted by Gasteiger charge is -2.14. The standard InChI is InChI=1S/C27H24N2O2S/c1-18-7-3-6-10-25(18)29-26(30)19(2)32-24-15-13-23(14-16-24)28-27(31)22-12-11-20-8-4-5-9-21(20)17-22/h3-17,19H,1-2H3,(H,28,31)(H,29,30). The number of nitrogens with one attached hydrogen (secondary N) is 2. The van der Waals surface area contributed by atoms with Crippen LogP contribution in [0.1, 0.15) is 22.8 Å². The molecule has 0 fully saturated rings.